The van der Waals surface area contributed by atoms with Crippen LogP contribution in [-0.2, 0) is 12.8 Å². The minimum Gasteiger partial charge on any atom is -0.307 e. The second-order valence-corrected chi connectivity index (χ2v) is 13.7. The average Bonchev–Trinajstić information content (AvgIpc) is 3.74. The highest BCUT2D eigenvalue weighted by Crippen LogP contribution is 2.46. The van der Waals surface area contributed by atoms with Gasteiger partial charge >= 0.3 is 0 Å². The predicted octanol–water partition coefficient (Wildman–Crippen LogP) is 12.1. The summed E-state index contributed by atoms with van der Waals surface area (Å²) in [7, 11) is 0. The van der Waals surface area contributed by atoms with Crippen LogP contribution in [0.5, 0.6) is 0 Å². The molecule has 0 N–H and O–H groups in total. The van der Waals surface area contributed by atoms with E-state index in [0.717, 1.165) is 66.4 Å². The molecule has 0 radical (unpaired) electrons. The zero-order valence-corrected chi connectivity index (χ0v) is 29.8. The van der Waals surface area contributed by atoms with E-state index in [0.29, 0.717) is 17.6 Å². The molecule has 9 rings (SSSR count). The molecule has 0 spiro atoms. The van der Waals surface area contributed by atoms with Crippen LogP contribution in [0.15, 0.2) is 140 Å². The standard InChI is InChI=1S/C47H41N5/c1-3-5-26-35-36(27-6-4-2)42-38-29-17-19-31-40(38)52(44(42)43-41(35)37-28-16-18-30-39(37)51(43)34-24-14-9-15-25-34)47-49-45(32-20-10-7-11-21-32)48-46(50-47)33-22-12-8-13-23-33/h7-25,28-31H,3-6,26-27H2,1-2H3. The van der Waals surface area contributed by atoms with Gasteiger partial charge in [0.25, 0.3) is 0 Å². The molecule has 0 bridgehead atoms. The second kappa shape index (κ2) is 13.6. The molecule has 3 aromatic heterocycles. The number of rotatable bonds is 10. The van der Waals surface area contributed by atoms with E-state index in [1.165, 1.54) is 43.7 Å². The van der Waals surface area contributed by atoms with Crippen molar-refractivity contribution in [1.29, 1.82) is 0 Å². The molecule has 0 aliphatic carbocycles. The fraction of sp³-hybridized carbons (Fsp3) is 0.170. The summed E-state index contributed by atoms with van der Waals surface area (Å²) in [6.07, 6.45) is 6.58. The minimum atomic E-state index is 0.618. The lowest BCUT2D eigenvalue weighted by Gasteiger charge is -2.18. The maximum Gasteiger partial charge on any atom is 0.238 e. The van der Waals surface area contributed by atoms with Crippen LogP contribution in [0.4, 0.5) is 0 Å². The van der Waals surface area contributed by atoms with Crippen molar-refractivity contribution >= 4 is 43.6 Å². The van der Waals surface area contributed by atoms with Gasteiger partial charge < -0.3 is 4.57 Å². The Morgan fingerprint density at radius 1 is 0.442 bits per heavy atom. The van der Waals surface area contributed by atoms with Crippen molar-refractivity contribution in [2.45, 2.75) is 52.4 Å². The van der Waals surface area contributed by atoms with Crippen molar-refractivity contribution in [2.75, 3.05) is 0 Å². The van der Waals surface area contributed by atoms with Crippen LogP contribution in [0, 0.1) is 0 Å². The lowest BCUT2D eigenvalue weighted by atomic mass is 9.89. The summed E-state index contributed by atoms with van der Waals surface area (Å²) in [6, 6.07) is 49.2. The SMILES string of the molecule is CCCCc1c(CCCC)c2c3ccccc3n(-c3nc(-c4ccccc4)nc(-c4ccccc4)n3)c2c2c1c1ccccc1n2-c1ccccc1. The van der Waals surface area contributed by atoms with E-state index in [2.05, 4.69) is 126 Å². The molecule has 5 nitrogen and oxygen atoms in total. The molecule has 0 saturated carbocycles. The number of unbranched alkanes of at least 4 members (excludes halogenated alkanes) is 2. The van der Waals surface area contributed by atoms with Gasteiger partial charge in [-0.15, -0.1) is 0 Å². The number of para-hydroxylation sites is 3. The maximum atomic E-state index is 5.33. The number of aromatic nitrogens is 5. The highest BCUT2D eigenvalue weighted by molar-refractivity contribution is 6.26. The van der Waals surface area contributed by atoms with Gasteiger partial charge in [-0.3, -0.25) is 4.57 Å². The zero-order valence-electron chi connectivity index (χ0n) is 29.8. The molecule has 254 valence electrons. The Labute approximate surface area is 304 Å². The van der Waals surface area contributed by atoms with E-state index in [1.807, 2.05) is 36.4 Å². The minimum absolute atomic E-state index is 0.618. The van der Waals surface area contributed by atoms with Crippen molar-refractivity contribution in [3.63, 3.8) is 0 Å². The Morgan fingerprint density at radius 2 is 0.865 bits per heavy atom. The van der Waals surface area contributed by atoms with Crippen molar-refractivity contribution in [3.05, 3.63) is 151 Å². The largest absolute Gasteiger partial charge is 0.307 e. The molecular weight excluding hydrogens is 635 g/mol. The van der Waals surface area contributed by atoms with Gasteiger partial charge in [0.2, 0.25) is 5.95 Å². The summed E-state index contributed by atoms with van der Waals surface area (Å²) >= 11 is 0. The van der Waals surface area contributed by atoms with Gasteiger partial charge in [-0.2, -0.15) is 9.97 Å². The normalized spacial score (nSPS) is 11.7. The van der Waals surface area contributed by atoms with Gasteiger partial charge in [0.1, 0.15) is 0 Å². The number of aryl methyl sites for hydroxylation is 2. The van der Waals surface area contributed by atoms with Gasteiger partial charge in [0.05, 0.1) is 22.1 Å². The van der Waals surface area contributed by atoms with Crippen molar-refractivity contribution in [2.24, 2.45) is 0 Å². The van der Waals surface area contributed by atoms with Gasteiger partial charge in [0, 0.05) is 38.4 Å². The molecule has 0 aliphatic rings. The Balaban J connectivity index is 1.53. The third-order valence-electron chi connectivity index (χ3n) is 10.4. The van der Waals surface area contributed by atoms with Crippen LogP contribution < -0.4 is 0 Å². The topological polar surface area (TPSA) is 48.5 Å². The van der Waals surface area contributed by atoms with Gasteiger partial charge in [0.15, 0.2) is 11.6 Å². The maximum absolute atomic E-state index is 5.33. The van der Waals surface area contributed by atoms with Crippen molar-refractivity contribution in [1.82, 2.24) is 24.1 Å². The van der Waals surface area contributed by atoms with Crippen LogP contribution in [-0.4, -0.2) is 24.1 Å². The predicted molar refractivity (Wildman–Crippen MR) is 217 cm³/mol. The van der Waals surface area contributed by atoms with Crippen LogP contribution in [0.2, 0.25) is 0 Å². The third kappa shape index (κ3) is 5.27. The summed E-state index contributed by atoms with van der Waals surface area (Å²) in [6.45, 7) is 4.60. The molecular formula is C47H41N5. The molecule has 0 saturated heterocycles. The van der Waals surface area contributed by atoms with E-state index < -0.39 is 0 Å². The first-order valence-corrected chi connectivity index (χ1v) is 18.7. The monoisotopic (exact) mass is 675 g/mol. The van der Waals surface area contributed by atoms with Gasteiger partial charge in [-0.1, -0.05) is 142 Å². The fourth-order valence-corrected chi connectivity index (χ4v) is 8.05. The number of hydrogen-bond acceptors (Lipinski definition) is 3. The van der Waals surface area contributed by atoms with E-state index in [9.17, 15) is 0 Å². The van der Waals surface area contributed by atoms with E-state index in [-0.39, 0.29) is 0 Å². The number of benzene rings is 6. The van der Waals surface area contributed by atoms with Gasteiger partial charge in [-0.25, -0.2) is 4.98 Å². The van der Waals surface area contributed by atoms with E-state index in [1.54, 1.807) is 0 Å². The van der Waals surface area contributed by atoms with Gasteiger partial charge in [-0.05, 0) is 61.1 Å². The molecule has 0 unspecified atom stereocenters. The van der Waals surface area contributed by atoms with Crippen LogP contribution in [0.25, 0.3) is 78.0 Å². The molecule has 5 heteroatoms. The number of nitrogens with zero attached hydrogens (tertiary/aromatic N) is 5. The lowest BCUT2D eigenvalue weighted by molar-refractivity contribution is 0.766. The Kier molecular flexibility index (Phi) is 8.32. The lowest BCUT2D eigenvalue weighted by Crippen LogP contribution is -2.08. The summed E-state index contributed by atoms with van der Waals surface area (Å²) in [5.74, 6) is 1.93. The molecule has 3 heterocycles. The average molecular weight is 676 g/mol. The first kappa shape index (κ1) is 31.9. The fourth-order valence-electron chi connectivity index (χ4n) is 8.05. The quantitative estimate of drug-likeness (QED) is 0.145. The zero-order chi connectivity index (χ0) is 35.0. The highest BCUT2D eigenvalue weighted by Gasteiger charge is 2.28. The molecule has 0 atom stereocenters. The summed E-state index contributed by atoms with van der Waals surface area (Å²) in [4.78, 5) is 15.7. The Hall–Kier alpha value is -6.07. The summed E-state index contributed by atoms with van der Waals surface area (Å²) < 4.78 is 4.82. The summed E-state index contributed by atoms with van der Waals surface area (Å²) in [5.41, 5.74) is 10.6. The highest BCUT2D eigenvalue weighted by atomic mass is 15.2. The van der Waals surface area contributed by atoms with Crippen LogP contribution in [0.1, 0.15) is 50.7 Å². The molecule has 0 aliphatic heterocycles. The van der Waals surface area contributed by atoms with E-state index >= 15 is 0 Å². The van der Waals surface area contributed by atoms with Crippen LogP contribution >= 0.6 is 0 Å². The number of hydrogen-bond donors (Lipinski definition) is 0. The first-order valence-electron chi connectivity index (χ1n) is 18.7. The second-order valence-electron chi connectivity index (χ2n) is 13.7. The molecule has 0 fully saturated rings. The number of fused-ring (bicyclic) bond motifs is 7. The van der Waals surface area contributed by atoms with Crippen molar-refractivity contribution in [3.8, 4) is 34.4 Å². The third-order valence-corrected chi connectivity index (χ3v) is 10.4. The molecule has 52 heavy (non-hydrogen) atoms. The smallest absolute Gasteiger partial charge is 0.238 e. The molecule has 0 amide bonds. The Bertz CT molecular complexity index is 2630. The van der Waals surface area contributed by atoms with Crippen LogP contribution in [0.3, 0.4) is 0 Å². The Morgan fingerprint density at radius 3 is 1.37 bits per heavy atom. The van der Waals surface area contributed by atoms with Crippen molar-refractivity contribution < 1.29 is 0 Å². The molecule has 6 aromatic carbocycles. The molecule has 9 aromatic rings. The van der Waals surface area contributed by atoms with E-state index in [4.69, 9.17) is 15.0 Å². The first-order chi connectivity index (χ1) is 25.8. The summed E-state index contributed by atoms with van der Waals surface area (Å²) in [5, 5.41) is 5.17.